The molecule has 1 rings (SSSR count). The van der Waals surface area contributed by atoms with Gasteiger partial charge in [-0.1, -0.05) is 32.9 Å². The average Bonchev–Trinajstić information content (AvgIpc) is 2.18. The molecule has 17 heavy (non-hydrogen) atoms. The maximum absolute atomic E-state index is 13.3. The number of hydrogen-bond donors (Lipinski definition) is 1. The van der Waals surface area contributed by atoms with Gasteiger partial charge in [-0.3, -0.25) is 0 Å². The molecule has 2 nitrogen and oxygen atoms in total. The minimum absolute atomic E-state index is 0.213. The summed E-state index contributed by atoms with van der Waals surface area (Å²) in [4.78, 5) is 2.24. The van der Waals surface area contributed by atoms with Crippen molar-refractivity contribution >= 4 is 0 Å². The van der Waals surface area contributed by atoms with Crippen LogP contribution in [0.4, 0.5) is 4.39 Å². The van der Waals surface area contributed by atoms with Crippen molar-refractivity contribution in [3.05, 3.63) is 35.1 Å². The fourth-order valence-electron chi connectivity index (χ4n) is 2.06. The third-order valence-electron chi connectivity index (χ3n) is 2.53. The molecule has 1 aromatic carbocycles. The second kappa shape index (κ2) is 5.61. The molecule has 0 heterocycles. The van der Waals surface area contributed by atoms with Crippen LogP contribution in [0.1, 0.15) is 31.9 Å². The summed E-state index contributed by atoms with van der Waals surface area (Å²) in [7, 11) is 2.08. The zero-order valence-electron chi connectivity index (χ0n) is 11.3. The molecule has 96 valence electrons. The quantitative estimate of drug-likeness (QED) is 0.874. The Bertz CT molecular complexity index is 369. The lowest BCUT2D eigenvalue weighted by atomic mass is 9.96. The van der Waals surface area contributed by atoms with E-state index in [1.165, 1.54) is 6.07 Å². The van der Waals surface area contributed by atoms with Crippen molar-refractivity contribution in [3.63, 3.8) is 0 Å². The molecule has 3 heteroatoms. The summed E-state index contributed by atoms with van der Waals surface area (Å²) in [6.07, 6.45) is 0. The van der Waals surface area contributed by atoms with Crippen molar-refractivity contribution in [2.24, 2.45) is 11.1 Å². The smallest absolute Gasteiger partial charge is 0.127 e. The fourth-order valence-corrected chi connectivity index (χ4v) is 2.06. The molecule has 0 aliphatic heterocycles. The minimum Gasteiger partial charge on any atom is -0.326 e. The lowest BCUT2D eigenvalue weighted by molar-refractivity contribution is 0.220. The Balaban J connectivity index is 2.68. The third kappa shape index (κ3) is 4.84. The predicted octanol–water partition coefficient (Wildman–Crippen LogP) is 2.76. The molecular weight excluding hydrogens is 215 g/mol. The highest BCUT2D eigenvalue weighted by molar-refractivity contribution is 5.24. The summed E-state index contributed by atoms with van der Waals surface area (Å²) < 4.78 is 13.3. The summed E-state index contributed by atoms with van der Waals surface area (Å²) in [5, 5.41) is 0. The summed E-state index contributed by atoms with van der Waals surface area (Å²) in [5.41, 5.74) is 7.47. The number of halogens is 1. The van der Waals surface area contributed by atoms with Crippen molar-refractivity contribution in [1.29, 1.82) is 0 Å². The van der Waals surface area contributed by atoms with E-state index in [1.54, 1.807) is 0 Å². The first kappa shape index (κ1) is 14.1. The van der Waals surface area contributed by atoms with Gasteiger partial charge in [0, 0.05) is 25.2 Å². The molecular formula is C14H23FN2. The van der Waals surface area contributed by atoms with Gasteiger partial charge < -0.3 is 10.6 Å². The van der Waals surface area contributed by atoms with E-state index < -0.39 is 0 Å². The summed E-state index contributed by atoms with van der Waals surface area (Å²) in [6.45, 7) is 8.70. The zero-order chi connectivity index (χ0) is 13.1. The van der Waals surface area contributed by atoms with Crippen LogP contribution in [0.25, 0.3) is 0 Å². The van der Waals surface area contributed by atoms with Crippen molar-refractivity contribution in [3.8, 4) is 0 Å². The van der Waals surface area contributed by atoms with Crippen molar-refractivity contribution in [2.75, 3.05) is 13.6 Å². The highest BCUT2D eigenvalue weighted by atomic mass is 19.1. The topological polar surface area (TPSA) is 29.3 Å². The maximum atomic E-state index is 13.3. The highest BCUT2D eigenvalue weighted by Gasteiger charge is 2.13. The van der Waals surface area contributed by atoms with Gasteiger partial charge in [0.15, 0.2) is 0 Å². The van der Waals surface area contributed by atoms with E-state index in [0.29, 0.717) is 5.56 Å². The van der Waals surface area contributed by atoms with Crippen molar-refractivity contribution in [2.45, 2.75) is 33.9 Å². The van der Waals surface area contributed by atoms with E-state index in [0.717, 1.165) is 18.7 Å². The monoisotopic (exact) mass is 238 g/mol. The number of benzene rings is 1. The van der Waals surface area contributed by atoms with Gasteiger partial charge in [0.25, 0.3) is 0 Å². The Morgan fingerprint density at radius 1 is 1.29 bits per heavy atom. The number of nitrogens with two attached hydrogens (primary N) is 1. The van der Waals surface area contributed by atoms with Crippen LogP contribution >= 0.6 is 0 Å². The van der Waals surface area contributed by atoms with E-state index in [9.17, 15) is 4.39 Å². The van der Waals surface area contributed by atoms with Gasteiger partial charge in [0.05, 0.1) is 0 Å². The van der Waals surface area contributed by atoms with Gasteiger partial charge in [-0.2, -0.15) is 0 Å². The van der Waals surface area contributed by atoms with E-state index in [4.69, 9.17) is 5.73 Å². The Morgan fingerprint density at radius 3 is 2.47 bits per heavy atom. The van der Waals surface area contributed by atoms with Gasteiger partial charge in [0.1, 0.15) is 5.82 Å². The highest BCUT2D eigenvalue weighted by Crippen LogP contribution is 2.17. The van der Waals surface area contributed by atoms with Crippen LogP contribution < -0.4 is 5.73 Å². The van der Waals surface area contributed by atoms with Crippen LogP contribution in [0.15, 0.2) is 18.2 Å². The van der Waals surface area contributed by atoms with Gasteiger partial charge in [0.2, 0.25) is 0 Å². The van der Waals surface area contributed by atoms with Crippen LogP contribution in [0.2, 0.25) is 0 Å². The Kier molecular flexibility index (Phi) is 4.66. The summed E-state index contributed by atoms with van der Waals surface area (Å²) >= 11 is 0. The molecule has 0 aliphatic carbocycles. The van der Waals surface area contributed by atoms with Crippen LogP contribution in [0, 0.1) is 11.2 Å². The standard InChI is InChI=1S/C14H23FN2/c1-14(2,3)10-17(4)9-11-5-6-13(15)12(7-11)8-16/h5-7H,8-10,16H2,1-4H3. The molecule has 0 bridgehead atoms. The number of hydrogen-bond acceptors (Lipinski definition) is 2. The van der Waals surface area contributed by atoms with Crippen molar-refractivity contribution in [1.82, 2.24) is 4.90 Å². The second-order valence-electron chi connectivity index (χ2n) is 5.86. The molecule has 0 atom stereocenters. The molecule has 2 N–H and O–H groups in total. The SMILES string of the molecule is CN(Cc1ccc(F)c(CN)c1)CC(C)(C)C. The van der Waals surface area contributed by atoms with Gasteiger partial charge in [-0.05, 0) is 24.1 Å². The zero-order valence-corrected chi connectivity index (χ0v) is 11.3. The van der Waals surface area contributed by atoms with Gasteiger partial charge in [-0.15, -0.1) is 0 Å². The van der Waals surface area contributed by atoms with Crippen LogP contribution in [0.3, 0.4) is 0 Å². The molecule has 0 saturated heterocycles. The Labute approximate surface area is 104 Å². The molecule has 1 aromatic rings. The Morgan fingerprint density at radius 2 is 1.94 bits per heavy atom. The van der Waals surface area contributed by atoms with Gasteiger partial charge in [-0.25, -0.2) is 4.39 Å². The van der Waals surface area contributed by atoms with Crippen LogP contribution in [0.5, 0.6) is 0 Å². The molecule has 0 amide bonds. The molecule has 0 radical (unpaired) electrons. The minimum atomic E-state index is -0.213. The number of rotatable bonds is 4. The largest absolute Gasteiger partial charge is 0.326 e. The van der Waals surface area contributed by atoms with Gasteiger partial charge >= 0.3 is 0 Å². The molecule has 0 aliphatic rings. The summed E-state index contributed by atoms with van der Waals surface area (Å²) in [6, 6.07) is 5.19. The first-order chi connectivity index (χ1) is 7.81. The van der Waals surface area contributed by atoms with Crippen LogP contribution in [-0.2, 0) is 13.1 Å². The first-order valence-electron chi connectivity index (χ1n) is 5.98. The lowest BCUT2D eigenvalue weighted by Gasteiger charge is -2.26. The fraction of sp³-hybridized carbons (Fsp3) is 0.571. The van der Waals surface area contributed by atoms with E-state index in [1.807, 2.05) is 12.1 Å². The molecule has 0 saturated carbocycles. The van der Waals surface area contributed by atoms with Crippen LogP contribution in [-0.4, -0.2) is 18.5 Å². The normalized spacial score (nSPS) is 12.2. The van der Waals surface area contributed by atoms with E-state index >= 15 is 0 Å². The second-order valence-corrected chi connectivity index (χ2v) is 5.86. The first-order valence-corrected chi connectivity index (χ1v) is 5.98. The molecule has 0 fully saturated rings. The van der Waals surface area contributed by atoms with Crippen molar-refractivity contribution < 1.29 is 4.39 Å². The van der Waals surface area contributed by atoms with E-state index in [-0.39, 0.29) is 17.8 Å². The molecule has 0 spiro atoms. The average molecular weight is 238 g/mol. The number of nitrogens with zero attached hydrogens (tertiary/aromatic N) is 1. The third-order valence-corrected chi connectivity index (χ3v) is 2.53. The van der Waals surface area contributed by atoms with E-state index in [2.05, 4.69) is 32.7 Å². The molecule has 0 aromatic heterocycles. The maximum Gasteiger partial charge on any atom is 0.127 e. The lowest BCUT2D eigenvalue weighted by Crippen LogP contribution is -2.28. The molecule has 0 unspecified atom stereocenters. The Hall–Kier alpha value is -0.930. The predicted molar refractivity (Wildman–Crippen MR) is 70.1 cm³/mol. The summed E-state index contributed by atoms with van der Waals surface area (Å²) in [5.74, 6) is -0.213.